The topological polar surface area (TPSA) is 62.5 Å². The maximum atomic E-state index is 12.0. The number of carbonyl (C=O) groups excluding carboxylic acids is 1. The molecule has 0 fully saturated rings. The summed E-state index contributed by atoms with van der Waals surface area (Å²) < 4.78 is 5.35. The number of aliphatic hydroxyl groups excluding tert-OH is 1. The van der Waals surface area contributed by atoms with Gasteiger partial charge < -0.3 is 14.8 Å². The van der Waals surface area contributed by atoms with Crippen LogP contribution >= 0.6 is 11.6 Å². The monoisotopic (exact) mass is 279 g/mol. The van der Waals surface area contributed by atoms with Crippen molar-refractivity contribution >= 4 is 23.2 Å². The molecule has 0 spiro atoms. The Bertz CT molecular complexity index is 592. The van der Waals surface area contributed by atoms with Gasteiger partial charge in [0.25, 0.3) is 5.91 Å². The molecule has 0 saturated carbocycles. The van der Waals surface area contributed by atoms with Gasteiger partial charge in [0.15, 0.2) is 5.76 Å². The van der Waals surface area contributed by atoms with Gasteiger partial charge in [-0.05, 0) is 30.7 Å². The number of hydrogen-bond donors (Lipinski definition) is 2. The van der Waals surface area contributed by atoms with Crippen LogP contribution < -0.4 is 5.32 Å². The smallest absolute Gasteiger partial charge is 0.291 e. The fraction of sp³-hybridized carbons (Fsp3) is 0.214. The highest BCUT2D eigenvalue weighted by Gasteiger charge is 2.14. The largest absolute Gasteiger partial charge is 0.456 e. The van der Waals surface area contributed by atoms with Crippen LogP contribution in [0.3, 0.4) is 0 Å². The van der Waals surface area contributed by atoms with Crippen LogP contribution in [-0.2, 0) is 12.5 Å². The highest BCUT2D eigenvalue weighted by atomic mass is 35.5. The van der Waals surface area contributed by atoms with Crippen molar-refractivity contribution in [2.24, 2.45) is 0 Å². The fourth-order valence-corrected chi connectivity index (χ4v) is 1.97. The number of nitrogens with one attached hydrogen (secondary N) is 1. The minimum atomic E-state index is -0.338. The third-order valence-corrected chi connectivity index (χ3v) is 3.04. The van der Waals surface area contributed by atoms with Gasteiger partial charge in [0.1, 0.15) is 5.76 Å². The van der Waals surface area contributed by atoms with Gasteiger partial charge in [0, 0.05) is 11.3 Å². The van der Waals surface area contributed by atoms with Crippen molar-refractivity contribution in [3.05, 3.63) is 53.0 Å². The molecular formula is C14H14ClNO3. The second-order valence-electron chi connectivity index (χ2n) is 4.14. The van der Waals surface area contributed by atoms with Crippen LogP contribution in [0.1, 0.15) is 27.4 Å². The van der Waals surface area contributed by atoms with E-state index in [-0.39, 0.29) is 18.3 Å². The van der Waals surface area contributed by atoms with E-state index in [9.17, 15) is 4.79 Å². The third kappa shape index (κ3) is 3.16. The average molecular weight is 280 g/mol. The molecule has 0 aliphatic rings. The first-order valence-electron chi connectivity index (χ1n) is 5.80. The Hall–Kier alpha value is -1.78. The van der Waals surface area contributed by atoms with E-state index in [4.69, 9.17) is 21.1 Å². The summed E-state index contributed by atoms with van der Waals surface area (Å²) in [5.74, 6) is 0.837. The summed E-state index contributed by atoms with van der Waals surface area (Å²) in [5.41, 5.74) is 2.14. The molecule has 5 heteroatoms. The van der Waals surface area contributed by atoms with Crippen LogP contribution in [-0.4, -0.2) is 11.0 Å². The molecular weight excluding hydrogens is 266 g/mol. The van der Waals surface area contributed by atoms with Crippen molar-refractivity contribution in [1.29, 1.82) is 0 Å². The van der Waals surface area contributed by atoms with Crippen LogP contribution in [0.2, 0.25) is 0 Å². The second-order valence-corrected chi connectivity index (χ2v) is 4.41. The zero-order valence-corrected chi connectivity index (χ0v) is 11.2. The lowest BCUT2D eigenvalue weighted by Gasteiger charge is -2.04. The summed E-state index contributed by atoms with van der Waals surface area (Å²) >= 11 is 5.73. The number of aliphatic hydroxyl groups is 1. The second kappa shape index (κ2) is 5.91. The first-order valence-corrected chi connectivity index (χ1v) is 6.34. The zero-order chi connectivity index (χ0) is 13.8. The van der Waals surface area contributed by atoms with E-state index in [2.05, 4.69) is 5.32 Å². The quantitative estimate of drug-likeness (QED) is 0.846. The first kappa shape index (κ1) is 13.6. The summed E-state index contributed by atoms with van der Waals surface area (Å²) in [6.07, 6.45) is 0. The van der Waals surface area contributed by atoms with Gasteiger partial charge in [0.2, 0.25) is 0 Å². The summed E-state index contributed by atoms with van der Waals surface area (Å²) in [5, 5.41) is 11.7. The van der Waals surface area contributed by atoms with E-state index >= 15 is 0 Å². The van der Waals surface area contributed by atoms with E-state index in [1.54, 1.807) is 37.3 Å². The number of halogens is 1. The van der Waals surface area contributed by atoms with E-state index in [0.717, 1.165) is 11.1 Å². The molecule has 0 atom stereocenters. The van der Waals surface area contributed by atoms with Gasteiger partial charge >= 0.3 is 0 Å². The molecule has 100 valence electrons. The van der Waals surface area contributed by atoms with Gasteiger partial charge in [-0.2, -0.15) is 0 Å². The number of furan rings is 1. The van der Waals surface area contributed by atoms with Crippen molar-refractivity contribution in [2.45, 2.75) is 19.4 Å². The summed E-state index contributed by atoms with van der Waals surface area (Å²) in [4.78, 5) is 12.0. The van der Waals surface area contributed by atoms with Crippen molar-refractivity contribution in [1.82, 2.24) is 0 Å². The van der Waals surface area contributed by atoms with E-state index in [0.29, 0.717) is 17.3 Å². The summed E-state index contributed by atoms with van der Waals surface area (Å²) in [7, 11) is 0. The highest BCUT2D eigenvalue weighted by molar-refractivity contribution is 6.17. The lowest BCUT2D eigenvalue weighted by molar-refractivity contribution is 0.0995. The number of carbonyl (C=O) groups is 1. The van der Waals surface area contributed by atoms with E-state index in [1.165, 1.54) is 0 Å². The predicted octanol–water partition coefficient (Wildman–Crippen LogP) is 3.07. The van der Waals surface area contributed by atoms with Gasteiger partial charge in [0.05, 0.1) is 12.5 Å². The fourth-order valence-electron chi connectivity index (χ4n) is 1.70. The van der Waals surface area contributed by atoms with Crippen molar-refractivity contribution in [3.8, 4) is 0 Å². The minimum Gasteiger partial charge on any atom is -0.456 e. The molecule has 4 nitrogen and oxygen atoms in total. The molecule has 0 saturated heterocycles. The Labute approximate surface area is 116 Å². The SMILES string of the molecule is Cc1oc(C(=O)Nc2cccc(CO)c2)cc1CCl. The molecule has 0 aliphatic heterocycles. The number of rotatable bonds is 4. The van der Waals surface area contributed by atoms with Crippen LogP contribution in [0, 0.1) is 6.92 Å². The lowest BCUT2D eigenvalue weighted by atomic mass is 10.2. The Morgan fingerprint density at radius 3 is 2.84 bits per heavy atom. The number of amides is 1. The molecule has 2 rings (SSSR count). The molecule has 0 radical (unpaired) electrons. The molecule has 1 heterocycles. The molecule has 0 unspecified atom stereocenters. The normalized spacial score (nSPS) is 10.5. The van der Waals surface area contributed by atoms with Gasteiger partial charge in [-0.3, -0.25) is 4.79 Å². The van der Waals surface area contributed by atoms with E-state index < -0.39 is 0 Å². The lowest BCUT2D eigenvalue weighted by Crippen LogP contribution is -2.11. The van der Waals surface area contributed by atoms with Crippen molar-refractivity contribution < 1.29 is 14.3 Å². The van der Waals surface area contributed by atoms with Crippen LogP contribution in [0.4, 0.5) is 5.69 Å². The summed E-state index contributed by atoms with van der Waals surface area (Å²) in [6, 6.07) is 8.62. The third-order valence-electron chi connectivity index (χ3n) is 2.76. The summed E-state index contributed by atoms with van der Waals surface area (Å²) in [6.45, 7) is 1.70. The Kier molecular flexibility index (Phi) is 4.24. The van der Waals surface area contributed by atoms with Gasteiger partial charge in [-0.1, -0.05) is 12.1 Å². The van der Waals surface area contributed by atoms with Crippen molar-refractivity contribution in [2.75, 3.05) is 5.32 Å². The molecule has 19 heavy (non-hydrogen) atoms. The van der Waals surface area contributed by atoms with Crippen LogP contribution in [0.15, 0.2) is 34.7 Å². The van der Waals surface area contributed by atoms with E-state index in [1.807, 2.05) is 0 Å². The number of aryl methyl sites for hydroxylation is 1. The average Bonchev–Trinajstić information content (AvgIpc) is 2.80. The van der Waals surface area contributed by atoms with Gasteiger partial charge in [-0.15, -0.1) is 11.6 Å². The van der Waals surface area contributed by atoms with Crippen LogP contribution in [0.5, 0.6) is 0 Å². The number of benzene rings is 1. The zero-order valence-electron chi connectivity index (χ0n) is 10.4. The standard InChI is InChI=1S/C14H14ClNO3/c1-9-11(7-15)6-13(19-9)14(18)16-12-4-2-3-10(5-12)8-17/h2-6,17H,7-8H2,1H3,(H,16,18). The maximum absolute atomic E-state index is 12.0. The van der Waals surface area contributed by atoms with Crippen molar-refractivity contribution in [3.63, 3.8) is 0 Å². The molecule has 1 aromatic carbocycles. The highest BCUT2D eigenvalue weighted by Crippen LogP contribution is 2.18. The van der Waals surface area contributed by atoms with Crippen LogP contribution in [0.25, 0.3) is 0 Å². The first-order chi connectivity index (χ1) is 9.13. The molecule has 0 aliphatic carbocycles. The Balaban J connectivity index is 2.15. The number of anilines is 1. The molecule has 2 N–H and O–H groups in total. The molecule has 1 amide bonds. The minimum absolute atomic E-state index is 0.0695. The molecule has 1 aromatic heterocycles. The maximum Gasteiger partial charge on any atom is 0.291 e. The predicted molar refractivity (Wildman–Crippen MR) is 73.3 cm³/mol. The molecule has 2 aromatic rings. The Morgan fingerprint density at radius 2 is 2.21 bits per heavy atom. The van der Waals surface area contributed by atoms with Gasteiger partial charge in [-0.25, -0.2) is 0 Å². The number of alkyl halides is 1. The Morgan fingerprint density at radius 1 is 1.42 bits per heavy atom. The molecule has 0 bridgehead atoms. The number of hydrogen-bond acceptors (Lipinski definition) is 3.